The molecule has 124 valence electrons. The maximum absolute atomic E-state index is 12.7. The molecular weight excluding hydrogens is 272 g/mol. The summed E-state index contributed by atoms with van der Waals surface area (Å²) >= 11 is 0. The summed E-state index contributed by atoms with van der Waals surface area (Å²) in [6, 6.07) is 0. The van der Waals surface area contributed by atoms with Crippen LogP contribution in [0.3, 0.4) is 0 Å². The molecule has 0 heterocycles. The minimum absolute atomic E-state index is 0.0545. The molecule has 0 aliphatic heterocycles. The van der Waals surface area contributed by atoms with Crippen molar-refractivity contribution in [3.05, 3.63) is 11.1 Å². The molecule has 22 heavy (non-hydrogen) atoms. The van der Waals surface area contributed by atoms with Gasteiger partial charge in [-0.15, -0.1) is 0 Å². The highest BCUT2D eigenvalue weighted by atomic mass is 16.5. The summed E-state index contributed by atoms with van der Waals surface area (Å²) in [5.74, 6) is 1.29. The van der Waals surface area contributed by atoms with Crippen LogP contribution in [0.15, 0.2) is 11.1 Å². The van der Waals surface area contributed by atoms with Crippen LogP contribution in [0.4, 0.5) is 0 Å². The van der Waals surface area contributed by atoms with Gasteiger partial charge in [-0.1, -0.05) is 31.4 Å². The molecule has 1 unspecified atom stereocenters. The van der Waals surface area contributed by atoms with Crippen LogP contribution in [-0.4, -0.2) is 12.6 Å². The Hall–Kier alpha value is -0.790. The van der Waals surface area contributed by atoms with Gasteiger partial charge in [0.15, 0.2) is 0 Å². The van der Waals surface area contributed by atoms with Gasteiger partial charge < -0.3 is 4.74 Å². The van der Waals surface area contributed by atoms with Crippen LogP contribution in [0, 0.1) is 22.7 Å². The van der Waals surface area contributed by atoms with E-state index in [-0.39, 0.29) is 16.8 Å². The van der Waals surface area contributed by atoms with Crippen LogP contribution < -0.4 is 0 Å². The van der Waals surface area contributed by atoms with Gasteiger partial charge in [0.05, 0.1) is 12.0 Å². The smallest absolute Gasteiger partial charge is 0.312 e. The van der Waals surface area contributed by atoms with Crippen LogP contribution in [0.1, 0.15) is 79.1 Å². The molecule has 0 aromatic heterocycles. The quantitative estimate of drug-likeness (QED) is 0.513. The zero-order valence-electron chi connectivity index (χ0n) is 14.8. The van der Waals surface area contributed by atoms with E-state index in [0.29, 0.717) is 12.5 Å². The Morgan fingerprint density at radius 3 is 2.68 bits per heavy atom. The lowest BCUT2D eigenvalue weighted by molar-refractivity contribution is -0.165. The SMILES string of the molecule is CCOC(=O)[C@]1(C)CCC[C@@]2(C)C3=C(CCC12)[C@H](C)CCC3. The summed E-state index contributed by atoms with van der Waals surface area (Å²) in [5.41, 5.74) is 3.44. The van der Waals surface area contributed by atoms with Crippen molar-refractivity contribution in [3.63, 3.8) is 0 Å². The Morgan fingerprint density at radius 1 is 1.18 bits per heavy atom. The number of hydrogen-bond acceptors (Lipinski definition) is 2. The van der Waals surface area contributed by atoms with E-state index in [2.05, 4.69) is 20.8 Å². The number of carbonyl (C=O) groups excluding carboxylic acids is 1. The first kappa shape index (κ1) is 16.1. The highest BCUT2D eigenvalue weighted by Crippen LogP contribution is 2.62. The number of esters is 1. The van der Waals surface area contributed by atoms with E-state index in [1.54, 1.807) is 11.1 Å². The molecule has 0 saturated heterocycles. The van der Waals surface area contributed by atoms with Crippen LogP contribution in [-0.2, 0) is 9.53 Å². The first-order valence-electron chi connectivity index (χ1n) is 9.33. The predicted octanol–water partition coefficient (Wildman–Crippen LogP) is 5.27. The third kappa shape index (κ3) is 2.25. The lowest BCUT2D eigenvalue weighted by Gasteiger charge is -2.56. The molecule has 0 bridgehead atoms. The number of ether oxygens (including phenoxy) is 1. The molecule has 0 spiro atoms. The molecule has 4 atom stereocenters. The van der Waals surface area contributed by atoms with Crippen molar-refractivity contribution in [1.82, 2.24) is 0 Å². The molecule has 1 fully saturated rings. The highest BCUT2D eigenvalue weighted by molar-refractivity contribution is 5.77. The first-order valence-corrected chi connectivity index (χ1v) is 9.33. The fraction of sp³-hybridized carbons (Fsp3) is 0.850. The third-order valence-corrected chi connectivity index (χ3v) is 7.11. The Bertz CT molecular complexity index is 492. The summed E-state index contributed by atoms with van der Waals surface area (Å²) in [7, 11) is 0. The Balaban J connectivity index is 1.99. The second kappa shape index (κ2) is 5.69. The summed E-state index contributed by atoms with van der Waals surface area (Å²) in [6.45, 7) is 9.48. The average Bonchev–Trinajstić information content (AvgIpc) is 2.48. The van der Waals surface area contributed by atoms with Crippen molar-refractivity contribution >= 4 is 5.97 Å². The maximum Gasteiger partial charge on any atom is 0.312 e. The van der Waals surface area contributed by atoms with Gasteiger partial charge in [-0.25, -0.2) is 0 Å². The van der Waals surface area contributed by atoms with Crippen molar-refractivity contribution in [2.75, 3.05) is 6.61 Å². The second-order valence-electron chi connectivity index (χ2n) is 8.30. The molecule has 0 aromatic carbocycles. The van der Waals surface area contributed by atoms with Crippen LogP contribution >= 0.6 is 0 Å². The zero-order valence-corrected chi connectivity index (χ0v) is 14.8. The number of carbonyl (C=O) groups is 1. The molecule has 2 nitrogen and oxygen atoms in total. The van der Waals surface area contributed by atoms with Crippen LogP contribution in [0.25, 0.3) is 0 Å². The largest absolute Gasteiger partial charge is 0.466 e. The van der Waals surface area contributed by atoms with E-state index in [9.17, 15) is 4.79 Å². The van der Waals surface area contributed by atoms with Gasteiger partial charge in [0.2, 0.25) is 0 Å². The maximum atomic E-state index is 12.7. The second-order valence-corrected chi connectivity index (χ2v) is 8.30. The minimum atomic E-state index is -0.276. The average molecular weight is 304 g/mol. The molecule has 3 rings (SSSR count). The highest BCUT2D eigenvalue weighted by Gasteiger charge is 2.56. The van der Waals surface area contributed by atoms with Crippen molar-refractivity contribution < 1.29 is 9.53 Å². The zero-order chi connectivity index (χ0) is 16.0. The van der Waals surface area contributed by atoms with E-state index in [0.717, 1.165) is 18.8 Å². The summed E-state index contributed by atoms with van der Waals surface area (Å²) in [6.07, 6.45) is 9.77. The number of rotatable bonds is 2. The Kier molecular flexibility index (Phi) is 4.16. The van der Waals surface area contributed by atoms with Gasteiger partial charge in [0, 0.05) is 0 Å². The summed E-state index contributed by atoms with van der Waals surface area (Å²) < 4.78 is 5.48. The molecule has 0 amide bonds. The monoisotopic (exact) mass is 304 g/mol. The lowest BCUT2D eigenvalue weighted by atomic mass is 9.48. The van der Waals surface area contributed by atoms with Gasteiger partial charge in [0.1, 0.15) is 0 Å². The van der Waals surface area contributed by atoms with E-state index >= 15 is 0 Å². The standard InChI is InChI=1S/C20H32O2/c1-5-22-18(21)20(4)13-7-12-19(3)16-9-6-8-14(2)15(16)10-11-17(19)20/h14,17H,5-13H2,1-4H3/t14-,17?,19+,20-/m1/s1. The fourth-order valence-electron chi connectivity index (χ4n) is 5.98. The number of hydrogen-bond donors (Lipinski definition) is 0. The van der Waals surface area contributed by atoms with Crippen molar-refractivity contribution in [2.24, 2.45) is 22.7 Å². The topological polar surface area (TPSA) is 26.3 Å². The number of allylic oxidation sites excluding steroid dienone is 2. The van der Waals surface area contributed by atoms with E-state index in [1.165, 1.54) is 38.5 Å². The molecule has 3 aliphatic carbocycles. The van der Waals surface area contributed by atoms with E-state index in [4.69, 9.17) is 4.74 Å². The summed E-state index contributed by atoms with van der Waals surface area (Å²) in [4.78, 5) is 12.7. The Morgan fingerprint density at radius 2 is 1.95 bits per heavy atom. The molecule has 2 heteroatoms. The lowest BCUT2D eigenvalue weighted by Crippen LogP contribution is -2.51. The van der Waals surface area contributed by atoms with Crippen LogP contribution in [0.2, 0.25) is 0 Å². The molecule has 0 radical (unpaired) electrons. The summed E-state index contributed by atoms with van der Waals surface area (Å²) in [5, 5.41) is 0. The fourth-order valence-corrected chi connectivity index (χ4v) is 5.98. The van der Waals surface area contributed by atoms with Gasteiger partial charge >= 0.3 is 5.97 Å². The molecule has 0 N–H and O–H groups in total. The molecular formula is C20H32O2. The predicted molar refractivity (Wildman–Crippen MR) is 89.5 cm³/mol. The van der Waals surface area contributed by atoms with Crippen LogP contribution in [0.5, 0.6) is 0 Å². The normalized spacial score (nSPS) is 41.6. The molecule has 3 aliphatic rings. The van der Waals surface area contributed by atoms with Gasteiger partial charge in [-0.3, -0.25) is 4.79 Å². The third-order valence-electron chi connectivity index (χ3n) is 7.11. The molecule has 0 aromatic rings. The van der Waals surface area contributed by atoms with E-state index < -0.39 is 0 Å². The Labute approximate surface area is 135 Å². The number of fused-ring (bicyclic) bond motifs is 2. The minimum Gasteiger partial charge on any atom is -0.466 e. The van der Waals surface area contributed by atoms with Gasteiger partial charge in [-0.2, -0.15) is 0 Å². The van der Waals surface area contributed by atoms with Gasteiger partial charge in [0.25, 0.3) is 0 Å². The van der Waals surface area contributed by atoms with Gasteiger partial charge in [-0.05, 0) is 76.0 Å². The van der Waals surface area contributed by atoms with Crippen molar-refractivity contribution in [2.45, 2.75) is 79.1 Å². The van der Waals surface area contributed by atoms with E-state index in [1.807, 2.05) is 6.92 Å². The van der Waals surface area contributed by atoms with Crippen molar-refractivity contribution in [1.29, 1.82) is 0 Å². The molecule has 1 saturated carbocycles. The first-order chi connectivity index (χ1) is 10.4. The van der Waals surface area contributed by atoms with Crippen molar-refractivity contribution in [3.8, 4) is 0 Å².